The number of carbonyl (C=O) groups is 2. The third kappa shape index (κ3) is 3.31. The molecular formula is C17H19NO5. The van der Waals surface area contributed by atoms with Crippen molar-refractivity contribution >= 4 is 11.9 Å². The Kier molecular flexibility index (Phi) is 4.50. The molecule has 1 amide bonds. The van der Waals surface area contributed by atoms with Gasteiger partial charge in [-0.1, -0.05) is 18.2 Å². The Labute approximate surface area is 134 Å². The molecule has 0 bridgehead atoms. The lowest BCUT2D eigenvalue weighted by Gasteiger charge is -2.29. The average molecular weight is 317 g/mol. The number of nitrogens with one attached hydrogen (secondary N) is 1. The number of esters is 1. The molecule has 0 aromatic heterocycles. The monoisotopic (exact) mass is 317 g/mol. The zero-order valence-electron chi connectivity index (χ0n) is 12.9. The van der Waals surface area contributed by atoms with Gasteiger partial charge in [0, 0.05) is 12.0 Å². The SMILES string of the molecule is CCOC(=O)C(=O)NC1CC=CCC1c1ccc2c(c1)OCO2. The summed E-state index contributed by atoms with van der Waals surface area (Å²) in [7, 11) is 0. The summed E-state index contributed by atoms with van der Waals surface area (Å²) in [6, 6.07) is 5.63. The van der Waals surface area contributed by atoms with Crippen molar-refractivity contribution in [3.63, 3.8) is 0 Å². The fraction of sp³-hybridized carbons (Fsp3) is 0.412. The third-order valence-corrected chi connectivity index (χ3v) is 4.03. The number of allylic oxidation sites excluding steroid dienone is 1. The van der Waals surface area contributed by atoms with E-state index < -0.39 is 11.9 Å². The summed E-state index contributed by atoms with van der Waals surface area (Å²) in [6.45, 7) is 2.08. The van der Waals surface area contributed by atoms with Crippen LogP contribution in [-0.4, -0.2) is 31.3 Å². The van der Waals surface area contributed by atoms with E-state index in [1.54, 1.807) is 6.92 Å². The Balaban J connectivity index is 1.75. The largest absolute Gasteiger partial charge is 0.459 e. The lowest BCUT2D eigenvalue weighted by atomic mass is 9.83. The summed E-state index contributed by atoms with van der Waals surface area (Å²) in [6.07, 6.45) is 5.56. The van der Waals surface area contributed by atoms with Crippen LogP contribution < -0.4 is 14.8 Å². The van der Waals surface area contributed by atoms with E-state index in [0.717, 1.165) is 17.7 Å². The highest BCUT2D eigenvalue weighted by atomic mass is 16.7. The average Bonchev–Trinajstić information content (AvgIpc) is 3.03. The maximum atomic E-state index is 11.9. The second-order valence-electron chi connectivity index (χ2n) is 5.46. The standard InChI is InChI=1S/C17H19NO5/c1-2-21-17(20)16(19)18-13-6-4-3-5-12(13)11-7-8-14-15(9-11)23-10-22-14/h3-4,7-9,12-13H,2,5-6,10H2,1H3,(H,18,19). The lowest BCUT2D eigenvalue weighted by Crippen LogP contribution is -2.43. The Morgan fingerprint density at radius 2 is 2.00 bits per heavy atom. The number of ether oxygens (including phenoxy) is 3. The molecule has 2 unspecified atom stereocenters. The van der Waals surface area contributed by atoms with Crippen LogP contribution in [0.5, 0.6) is 11.5 Å². The molecule has 1 N–H and O–H groups in total. The fourth-order valence-electron chi connectivity index (χ4n) is 2.91. The van der Waals surface area contributed by atoms with E-state index in [0.29, 0.717) is 12.2 Å². The predicted molar refractivity (Wildman–Crippen MR) is 82.2 cm³/mol. The van der Waals surface area contributed by atoms with E-state index in [9.17, 15) is 9.59 Å². The first kappa shape index (κ1) is 15.4. The summed E-state index contributed by atoms with van der Waals surface area (Å²) >= 11 is 0. The second-order valence-corrected chi connectivity index (χ2v) is 5.46. The van der Waals surface area contributed by atoms with E-state index in [4.69, 9.17) is 14.2 Å². The Bertz CT molecular complexity index is 640. The van der Waals surface area contributed by atoms with E-state index in [2.05, 4.69) is 11.4 Å². The second kappa shape index (κ2) is 6.73. The molecule has 6 nitrogen and oxygen atoms in total. The summed E-state index contributed by atoms with van der Waals surface area (Å²) < 4.78 is 15.5. The van der Waals surface area contributed by atoms with Gasteiger partial charge in [0.2, 0.25) is 6.79 Å². The van der Waals surface area contributed by atoms with Crippen molar-refractivity contribution in [3.8, 4) is 11.5 Å². The molecule has 1 aliphatic heterocycles. The number of hydrogen-bond acceptors (Lipinski definition) is 5. The van der Waals surface area contributed by atoms with Crippen molar-refractivity contribution in [2.45, 2.75) is 31.7 Å². The molecule has 122 valence electrons. The van der Waals surface area contributed by atoms with Crippen molar-refractivity contribution in [1.82, 2.24) is 5.32 Å². The minimum atomic E-state index is -0.841. The van der Waals surface area contributed by atoms with Gasteiger partial charge in [0.25, 0.3) is 0 Å². The molecule has 0 spiro atoms. The van der Waals surface area contributed by atoms with Crippen molar-refractivity contribution in [1.29, 1.82) is 0 Å². The van der Waals surface area contributed by atoms with Crippen molar-refractivity contribution < 1.29 is 23.8 Å². The van der Waals surface area contributed by atoms with Crippen molar-refractivity contribution in [2.24, 2.45) is 0 Å². The molecule has 1 aromatic carbocycles. The minimum absolute atomic E-state index is 0.0767. The van der Waals surface area contributed by atoms with Gasteiger partial charge in [-0.15, -0.1) is 0 Å². The molecule has 6 heteroatoms. The fourth-order valence-corrected chi connectivity index (χ4v) is 2.91. The summed E-state index contributed by atoms with van der Waals surface area (Å²) in [5, 5.41) is 2.78. The zero-order valence-corrected chi connectivity index (χ0v) is 12.9. The van der Waals surface area contributed by atoms with Gasteiger partial charge in [0.1, 0.15) is 0 Å². The molecule has 2 aliphatic rings. The molecule has 1 aromatic rings. The third-order valence-electron chi connectivity index (χ3n) is 4.03. The maximum absolute atomic E-state index is 11.9. The molecule has 0 fully saturated rings. The first-order chi connectivity index (χ1) is 11.2. The minimum Gasteiger partial charge on any atom is -0.459 e. The van der Waals surface area contributed by atoms with Gasteiger partial charge in [0.05, 0.1) is 6.61 Å². The van der Waals surface area contributed by atoms with Gasteiger partial charge in [-0.2, -0.15) is 0 Å². The van der Waals surface area contributed by atoms with E-state index >= 15 is 0 Å². The molecule has 1 aliphatic carbocycles. The van der Waals surface area contributed by atoms with Crippen LogP contribution in [0.3, 0.4) is 0 Å². The quantitative estimate of drug-likeness (QED) is 0.523. The van der Waals surface area contributed by atoms with Crippen LogP contribution >= 0.6 is 0 Å². The smallest absolute Gasteiger partial charge is 0.396 e. The molecule has 1 heterocycles. The predicted octanol–water partition coefficient (Wildman–Crippen LogP) is 1.90. The highest BCUT2D eigenvalue weighted by Crippen LogP contribution is 2.37. The molecule has 2 atom stereocenters. The number of rotatable bonds is 3. The van der Waals surface area contributed by atoms with Crippen molar-refractivity contribution in [2.75, 3.05) is 13.4 Å². The number of fused-ring (bicyclic) bond motifs is 1. The molecule has 0 saturated carbocycles. The zero-order chi connectivity index (χ0) is 16.2. The number of carbonyl (C=O) groups excluding carboxylic acids is 2. The van der Waals surface area contributed by atoms with Gasteiger partial charge in [-0.3, -0.25) is 4.79 Å². The Morgan fingerprint density at radius 1 is 1.22 bits per heavy atom. The first-order valence-corrected chi connectivity index (χ1v) is 7.71. The van der Waals surface area contributed by atoms with Crippen molar-refractivity contribution in [3.05, 3.63) is 35.9 Å². The van der Waals surface area contributed by atoms with Crippen LogP contribution in [0.4, 0.5) is 0 Å². The highest BCUT2D eigenvalue weighted by molar-refractivity contribution is 6.32. The topological polar surface area (TPSA) is 73.9 Å². The van der Waals surface area contributed by atoms with Gasteiger partial charge in [-0.05, 0) is 37.5 Å². The van der Waals surface area contributed by atoms with Gasteiger partial charge >= 0.3 is 11.9 Å². The van der Waals surface area contributed by atoms with Gasteiger partial charge in [-0.25, -0.2) is 4.79 Å². The van der Waals surface area contributed by atoms with Crippen LogP contribution in [0.15, 0.2) is 30.4 Å². The summed E-state index contributed by atoms with van der Waals surface area (Å²) in [5.74, 6) is -0.0167. The molecule has 0 radical (unpaired) electrons. The number of benzene rings is 1. The Morgan fingerprint density at radius 3 is 2.83 bits per heavy atom. The van der Waals surface area contributed by atoms with Crippen LogP contribution in [-0.2, 0) is 14.3 Å². The first-order valence-electron chi connectivity index (χ1n) is 7.71. The summed E-state index contributed by atoms with van der Waals surface area (Å²) in [5.41, 5.74) is 1.05. The number of hydrogen-bond donors (Lipinski definition) is 1. The van der Waals surface area contributed by atoms with Crippen LogP contribution in [0.1, 0.15) is 31.2 Å². The lowest BCUT2D eigenvalue weighted by molar-refractivity contribution is -0.154. The normalized spacial score (nSPS) is 21.8. The molecule has 0 saturated heterocycles. The van der Waals surface area contributed by atoms with Crippen LogP contribution in [0, 0.1) is 0 Å². The van der Waals surface area contributed by atoms with E-state index in [1.165, 1.54) is 0 Å². The van der Waals surface area contributed by atoms with E-state index in [1.807, 2.05) is 24.3 Å². The molecule has 3 rings (SSSR count). The Hall–Kier alpha value is -2.50. The molecular weight excluding hydrogens is 298 g/mol. The van der Waals surface area contributed by atoms with Gasteiger partial charge < -0.3 is 19.5 Å². The van der Waals surface area contributed by atoms with Gasteiger partial charge in [0.15, 0.2) is 11.5 Å². The highest BCUT2D eigenvalue weighted by Gasteiger charge is 2.29. The van der Waals surface area contributed by atoms with Crippen LogP contribution in [0.25, 0.3) is 0 Å². The van der Waals surface area contributed by atoms with E-state index in [-0.39, 0.29) is 25.4 Å². The maximum Gasteiger partial charge on any atom is 0.396 e. The molecule has 23 heavy (non-hydrogen) atoms. The summed E-state index contributed by atoms with van der Waals surface area (Å²) in [4.78, 5) is 23.4. The number of amides is 1. The van der Waals surface area contributed by atoms with Crippen LogP contribution in [0.2, 0.25) is 0 Å².